The van der Waals surface area contributed by atoms with E-state index in [1.165, 1.54) is 11.0 Å². The number of hydrogen-bond donors (Lipinski definition) is 2. The SMILES string of the molecule is NC(=O)[C@@H]1CC=CC[C@H]1NC(=O)COc1cccc(-n2cnnn2)c1. The molecule has 1 aromatic carbocycles. The number of nitrogens with two attached hydrogens (primary N) is 1. The molecule has 2 aromatic rings. The summed E-state index contributed by atoms with van der Waals surface area (Å²) in [5, 5.41) is 13.8. The van der Waals surface area contributed by atoms with Crippen molar-refractivity contribution in [2.75, 3.05) is 6.61 Å². The highest BCUT2D eigenvalue weighted by Crippen LogP contribution is 2.19. The van der Waals surface area contributed by atoms with Crippen LogP contribution in [0.1, 0.15) is 12.8 Å². The quantitative estimate of drug-likeness (QED) is 0.711. The number of nitrogens with zero attached hydrogens (tertiary/aromatic N) is 4. The number of aromatic nitrogens is 4. The number of amides is 2. The van der Waals surface area contributed by atoms with E-state index < -0.39 is 11.8 Å². The van der Waals surface area contributed by atoms with Crippen LogP contribution in [0.3, 0.4) is 0 Å². The lowest BCUT2D eigenvalue weighted by Gasteiger charge is -2.26. The van der Waals surface area contributed by atoms with Crippen LogP contribution in [0.4, 0.5) is 0 Å². The maximum Gasteiger partial charge on any atom is 0.258 e. The molecule has 9 heteroatoms. The van der Waals surface area contributed by atoms with E-state index in [0.717, 1.165) is 0 Å². The first-order valence-corrected chi connectivity index (χ1v) is 7.83. The Bertz CT molecular complexity index is 774. The zero-order chi connectivity index (χ0) is 17.6. The van der Waals surface area contributed by atoms with Crippen molar-refractivity contribution in [2.45, 2.75) is 18.9 Å². The molecule has 130 valence electrons. The van der Waals surface area contributed by atoms with E-state index in [-0.39, 0.29) is 18.6 Å². The van der Waals surface area contributed by atoms with Gasteiger partial charge in [0.1, 0.15) is 12.1 Å². The van der Waals surface area contributed by atoms with Gasteiger partial charge in [-0.2, -0.15) is 0 Å². The summed E-state index contributed by atoms with van der Waals surface area (Å²) in [6, 6.07) is 6.75. The van der Waals surface area contributed by atoms with E-state index in [9.17, 15) is 9.59 Å². The lowest BCUT2D eigenvalue weighted by molar-refractivity contribution is -0.126. The molecule has 0 unspecified atom stereocenters. The Morgan fingerprint density at radius 2 is 2.16 bits per heavy atom. The molecule has 9 nitrogen and oxygen atoms in total. The summed E-state index contributed by atoms with van der Waals surface area (Å²) in [6.45, 7) is -0.162. The van der Waals surface area contributed by atoms with Crippen LogP contribution in [0.15, 0.2) is 42.7 Å². The molecule has 3 rings (SSSR count). The Hall–Kier alpha value is -3.23. The largest absolute Gasteiger partial charge is 0.484 e. The normalized spacial score (nSPS) is 19.4. The van der Waals surface area contributed by atoms with E-state index in [0.29, 0.717) is 24.3 Å². The molecule has 1 heterocycles. The van der Waals surface area contributed by atoms with Gasteiger partial charge in [0.25, 0.3) is 5.91 Å². The van der Waals surface area contributed by atoms with Gasteiger partial charge in [0.05, 0.1) is 11.6 Å². The molecule has 3 N–H and O–H groups in total. The lowest BCUT2D eigenvalue weighted by atomic mass is 9.88. The highest BCUT2D eigenvalue weighted by atomic mass is 16.5. The van der Waals surface area contributed by atoms with E-state index >= 15 is 0 Å². The molecule has 2 atom stereocenters. The zero-order valence-corrected chi connectivity index (χ0v) is 13.4. The van der Waals surface area contributed by atoms with E-state index in [1.54, 1.807) is 18.2 Å². The number of ether oxygens (including phenoxy) is 1. The number of hydrogen-bond acceptors (Lipinski definition) is 6. The Morgan fingerprint density at radius 3 is 2.92 bits per heavy atom. The Balaban J connectivity index is 1.56. The monoisotopic (exact) mass is 342 g/mol. The number of primary amides is 1. The highest BCUT2D eigenvalue weighted by molar-refractivity contribution is 5.81. The van der Waals surface area contributed by atoms with Crippen molar-refractivity contribution < 1.29 is 14.3 Å². The minimum atomic E-state index is -0.412. The highest BCUT2D eigenvalue weighted by Gasteiger charge is 2.28. The van der Waals surface area contributed by atoms with Crippen molar-refractivity contribution in [3.63, 3.8) is 0 Å². The smallest absolute Gasteiger partial charge is 0.258 e. The summed E-state index contributed by atoms with van der Waals surface area (Å²) in [6.07, 6.45) is 6.41. The van der Waals surface area contributed by atoms with Crippen molar-refractivity contribution in [1.29, 1.82) is 0 Å². The summed E-state index contributed by atoms with van der Waals surface area (Å²) in [5.41, 5.74) is 6.10. The van der Waals surface area contributed by atoms with Gasteiger partial charge >= 0.3 is 0 Å². The minimum Gasteiger partial charge on any atom is -0.484 e. The summed E-state index contributed by atoms with van der Waals surface area (Å²) in [4.78, 5) is 23.6. The van der Waals surface area contributed by atoms with Crippen LogP contribution in [0.5, 0.6) is 5.75 Å². The van der Waals surface area contributed by atoms with E-state index in [2.05, 4.69) is 20.8 Å². The molecule has 0 radical (unpaired) electrons. The maximum atomic E-state index is 12.1. The summed E-state index contributed by atoms with van der Waals surface area (Å²) in [7, 11) is 0. The van der Waals surface area contributed by atoms with E-state index in [1.807, 2.05) is 18.2 Å². The number of tetrazole rings is 1. The fourth-order valence-electron chi connectivity index (χ4n) is 2.68. The molecular formula is C16H18N6O3. The molecule has 1 aromatic heterocycles. The fraction of sp³-hybridized carbons (Fsp3) is 0.312. The van der Waals surface area contributed by atoms with Crippen molar-refractivity contribution in [3.05, 3.63) is 42.7 Å². The average Bonchev–Trinajstić information content (AvgIpc) is 3.15. The fourth-order valence-corrected chi connectivity index (χ4v) is 2.68. The van der Waals surface area contributed by atoms with Gasteiger partial charge in [-0.3, -0.25) is 9.59 Å². The second-order valence-electron chi connectivity index (χ2n) is 5.67. The third-order valence-corrected chi connectivity index (χ3v) is 3.95. The average molecular weight is 342 g/mol. The molecule has 1 aliphatic rings. The van der Waals surface area contributed by atoms with Gasteiger partial charge in [0, 0.05) is 12.1 Å². The molecule has 0 aliphatic heterocycles. The van der Waals surface area contributed by atoms with Crippen LogP contribution in [0.25, 0.3) is 5.69 Å². The van der Waals surface area contributed by atoms with Crippen molar-refractivity contribution >= 4 is 11.8 Å². The van der Waals surface area contributed by atoms with Gasteiger partial charge in [0.15, 0.2) is 6.61 Å². The van der Waals surface area contributed by atoms with Crippen LogP contribution in [-0.2, 0) is 9.59 Å². The van der Waals surface area contributed by atoms with Crippen LogP contribution >= 0.6 is 0 Å². The molecule has 0 saturated heterocycles. The predicted molar refractivity (Wildman–Crippen MR) is 87.6 cm³/mol. The van der Waals surface area contributed by atoms with Crippen molar-refractivity contribution in [2.24, 2.45) is 11.7 Å². The van der Waals surface area contributed by atoms with Gasteiger partial charge in [-0.15, -0.1) is 5.10 Å². The second kappa shape index (κ2) is 7.56. The summed E-state index contributed by atoms with van der Waals surface area (Å²) < 4.78 is 7.00. The van der Waals surface area contributed by atoms with Gasteiger partial charge in [-0.25, -0.2) is 4.68 Å². The number of benzene rings is 1. The van der Waals surface area contributed by atoms with Gasteiger partial charge < -0.3 is 15.8 Å². The predicted octanol–water partition coefficient (Wildman–Crippen LogP) is -0.0226. The zero-order valence-electron chi connectivity index (χ0n) is 13.4. The molecule has 1 aliphatic carbocycles. The molecule has 0 fully saturated rings. The van der Waals surface area contributed by atoms with Gasteiger partial charge in [-0.1, -0.05) is 18.2 Å². The maximum absolute atomic E-state index is 12.1. The third-order valence-electron chi connectivity index (χ3n) is 3.95. The second-order valence-corrected chi connectivity index (χ2v) is 5.67. The third kappa shape index (κ3) is 4.19. The van der Waals surface area contributed by atoms with Gasteiger partial charge in [-0.05, 0) is 35.4 Å². The summed E-state index contributed by atoms with van der Waals surface area (Å²) >= 11 is 0. The number of rotatable bonds is 6. The molecule has 0 saturated carbocycles. The first-order valence-electron chi connectivity index (χ1n) is 7.83. The Morgan fingerprint density at radius 1 is 1.32 bits per heavy atom. The Labute approximate surface area is 143 Å². The van der Waals surface area contributed by atoms with Crippen LogP contribution in [0, 0.1) is 5.92 Å². The molecule has 25 heavy (non-hydrogen) atoms. The number of nitrogens with one attached hydrogen (secondary N) is 1. The Kier molecular flexibility index (Phi) is 5.03. The number of carbonyl (C=O) groups excluding carboxylic acids is 2. The lowest BCUT2D eigenvalue weighted by Crippen LogP contribution is -2.47. The number of carbonyl (C=O) groups is 2. The van der Waals surface area contributed by atoms with Crippen LogP contribution in [-0.4, -0.2) is 44.7 Å². The summed E-state index contributed by atoms with van der Waals surface area (Å²) in [5.74, 6) is -0.598. The van der Waals surface area contributed by atoms with Gasteiger partial charge in [0.2, 0.25) is 5.91 Å². The molecule has 0 bridgehead atoms. The first-order chi connectivity index (χ1) is 12.1. The standard InChI is InChI=1S/C16H18N6O3/c17-16(24)13-6-1-2-7-14(13)19-15(23)9-25-12-5-3-4-11(8-12)22-10-18-20-21-22/h1-5,8,10,13-14H,6-7,9H2,(H2,17,24)(H,19,23)/t13-,14-/m1/s1. The van der Waals surface area contributed by atoms with Crippen LogP contribution in [0.2, 0.25) is 0 Å². The first kappa shape index (κ1) is 16.6. The minimum absolute atomic E-state index is 0.162. The molecular weight excluding hydrogens is 324 g/mol. The number of allylic oxidation sites excluding steroid dienone is 1. The van der Waals surface area contributed by atoms with Crippen molar-refractivity contribution in [3.8, 4) is 11.4 Å². The van der Waals surface area contributed by atoms with E-state index in [4.69, 9.17) is 10.5 Å². The molecule has 0 spiro atoms. The van der Waals surface area contributed by atoms with Crippen molar-refractivity contribution in [1.82, 2.24) is 25.5 Å². The van der Waals surface area contributed by atoms with Crippen LogP contribution < -0.4 is 15.8 Å². The molecule has 2 amide bonds. The topological polar surface area (TPSA) is 125 Å².